The minimum Gasteiger partial charge on any atom is -0.321 e. The molecule has 0 radical (unpaired) electrons. The summed E-state index contributed by atoms with van der Waals surface area (Å²) in [6.07, 6.45) is 0.213. The number of ketones is 3. The number of thioether (sulfide) groups is 1. The molecular weight excluding hydrogens is 214 g/mol. The first kappa shape index (κ1) is 14.3. The van der Waals surface area contributed by atoms with E-state index in [1.807, 2.05) is 0 Å². The number of carbonyl (C=O) groups excluding carboxylic acids is 3. The highest BCUT2D eigenvalue weighted by Gasteiger charge is 2.19. The predicted octanol–water partition coefficient (Wildman–Crippen LogP) is 0.573. The Morgan fingerprint density at radius 3 is 2.00 bits per heavy atom. The molecule has 4 nitrogen and oxygen atoms in total. The van der Waals surface area contributed by atoms with Crippen molar-refractivity contribution in [3.8, 4) is 0 Å². The first-order valence-electron chi connectivity index (χ1n) is 4.72. The summed E-state index contributed by atoms with van der Waals surface area (Å²) in [6, 6.07) is -0.552. The van der Waals surface area contributed by atoms with Crippen LogP contribution in [0.5, 0.6) is 0 Å². The molecule has 0 heterocycles. The maximum absolute atomic E-state index is 11.2. The van der Waals surface area contributed by atoms with Crippen molar-refractivity contribution < 1.29 is 14.4 Å². The van der Waals surface area contributed by atoms with Crippen LogP contribution in [0.25, 0.3) is 0 Å². The average Bonchev–Trinajstić information content (AvgIpc) is 2.10. The molecule has 0 amide bonds. The Morgan fingerprint density at radius 1 is 1.13 bits per heavy atom. The van der Waals surface area contributed by atoms with Crippen molar-refractivity contribution in [1.82, 2.24) is 0 Å². The van der Waals surface area contributed by atoms with Gasteiger partial charge in [-0.2, -0.15) is 0 Å². The molecule has 0 fully saturated rings. The standard InChI is InChI=1S/C10H17NO3S/c1-6(12)4-10(8(3)14)15-5-9(11)7(2)13/h9-10H,4-5,11H2,1-3H3. The summed E-state index contributed by atoms with van der Waals surface area (Å²) < 4.78 is 0. The largest absolute Gasteiger partial charge is 0.321 e. The summed E-state index contributed by atoms with van der Waals surface area (Å²) in [5.41, 5.74) is 5.53. The predicted molar refractivity (Wildman–Crippen MR) is 60.9 cm³/mol. The van der Waals surface area contributed by atoms with Crippen molar-refractivity contribution in [3.05, 3.63) is 0 Å². The summed E-state index contributed by atoms with van der Waals surface area (Å²) >= 11 is 1.28. The fourth-order valence-corrected chi connectivity index (χ4v) is 2.18. The zero-order valence-corrected chi connectivity index (χ0v) is 10.1. The Kier molecular flexibility index (Phi) is 6.43. The maximum Gasteiger partial charge on any atom is 0.147 e. The molecule has 0 rings (SSSR count). The van der Waals surface area contributed by atoms with Crippen LogP contribution in [-0.4, -0.2) is 34.4 Å². The third-order valence-corrected chi connectivity index (χ3v) is 3.38. The lowest BCUT2D eigenvalue weighted by atomic mass is 10.2. The van der Waals surface area contributed by atoms with Gasteiger partial charge in [0.05, 0.1) is 11.3 Å². The van der Waals surface area contributed by atoms with Gasteiger partial charge in [0, 0.05) is 12.2 Å². The first-order valence-corrected chi connectivity index (χ1v) is 5.77. The smallest absolute Gasteiger partial charge is 0.147 e. The van der Waals surface area contributed by atoms with Crippen LogP contribution in [0, 0.1) is 0 Å². The summed E-state index contributed by atoms with van der Waals surface area (Å²) in [6.45, 7) is 4.31. The summed E-state index contributed by atoms with van der Waals surface area (Å²) in [5.74, 6) is 0.199. The van der Waals surface area contributed by atoms with Gasteiger partial charge in [0.25, 0.3) is 0 Å². The van der Waals surface area contributed by atoms with Gasteiger partial charge in [0.2, 0.25) is 0 Å². The van der Waals surface area contributed by atoms with E-state index in [-0.39, 0.29) is 29.0 Å². The molecule has 0 saturated heterocycles. The Bertz CT molecular complexity index is 265. The van der Waals surface area contributed by atoms with Gasteiger partial charge in [0.1, 0.15) is 17.3 Å². The number of hydrogen-bond acceptors (Lipinski definition) is 5. The lowest BCUT2D eigenvalue weighted by Crippen LogP contribution is -2.32. The molecule has 0 aliphatic heterocycles. The van der Waals surface area contributed by atoms with Crippen LogP contribution in [0.4, 0.5) is 0 Å². The number of nitrogens with two attached hydrogens (primary N) is 1. The van der Waals surface area contributed by atoms with E-state index in [0.29, 0.717) is 5.75 Å². The molecule has 15 heavy (non-hydrogen) atoms. The summed E-state index contributed by atoms with van der Waals surface area (Å²) in [5, 5.41) is -0.368. The molecule has 0 aromatic carbocycles. The number of rotatable bonds is 7. The zero-order valence-electron chi connectivity index (χ0n) is 9.28. The van der Waals surface area contributed by atoms with Crippen LogP contribution in [0.15, 0.2) is 0 Å². The van der Waals surface area contributed by atoms with Gasteiger partial charge in [-0.1, -0.05) is 0 Å². The second kappa shape index (κ2) is 6.74. The topological polar surface area (TPSA) is 77.2 Å². The van der Waals surface area contributed by atoms with Gasteiger partial charge < -0.3 is 5.73 Å². The molecule has 0 bridgehead atoms. The van der Waals surface area contributed by atoms with Crippen molar-refractivity contribution in [2.24, 2.45) is 5.73 Å². The maximum atomic E-state index is 11.2. The monoisotopic (exact) mass is 231 g/mol. The van der Waals surface area contributed by atoms with Gasteiger partial charge in [-0.3, -0.25) is 14.4 Å². The minimum absolute atomic E-state index is 0.0286. The van der Waals surface area contributed by atoms with Crippen LogP contribution in [0.1, 0.15) is 27.2 Å². The second-order valence-corrected chi connectivity index (χ2v) is 4.79. The molecule has 0 saturated carbocycles. The van der Waals surface area contributed by atoms with E-state index in [4.69, 9.17) is 5.73 Å². The van der Waals surface area contributed by atoms with Crippen LogP contribution < -0.4 is 5.73 Å². The van der Waals surface area contributed by atoms with Crippen molar-refractivity contribution in [1.29, 1.82) is 0 Å². The Balaban J connectivity index is 4.13. The Morgan fingerprint density at radius 2 is 1.67 bits per heavy atom. The van der Waals surface area contributed by atoms with E-state index >= 15 is 0 Å². The first-order chi connectivity index (χ1) is 6.84. The Labute approximate surface area is 94.0 Å². The molecule has 0 spiro atoms. The third kappa shape index (κ3) is 6.41. The van der Waals surface area contributed by atoms with Crippen LogP contribution >= 0.6 is 11.8 Å². The summed E-state index contributed by atoms with van der Waals surface area (Å²) in [7, 11) is 0. The fourth-order valence-electron chi connectivity index (χ4n) is 0.918. The lowest BCUT2D eigenvalue weighted by molar-refractivity contribution is -0.121. The molecule has 0 aromatic rings. The fraction of sp³-hybridized carbons (Fsp3) is 0.700. The van der Waals surface area contributed by atoms with E-state index in [1.54, 1.807) is 0 Å². The highest BCUT2D eigenvalue weighted by atomic mass is 32.2. The molecule has 0 aliphatic carbocycles. The number of hydrogen-bond donors (Lipinski definition) is 1. The number of carbonyl (C=O) groups is 3. The van der Waals surface area contributed by atoms with Crippen molar-refractivity contribution >= 4 is 29.1 Å². The van der Waals surface area contributed by atoms with Gasteiger partial charge in [0.15, 0.2) is 0 Å². The van der Waals surface area contributed by atoms with Crippen LogP contribution in [0.3, 0.4) is 0 Å². The zero-order chi connectivity index (χ0) is 12.0. The van der Waals surface area contributed by atoms with E-state index in [2.05, 4.69) is 0 Å². The number of Topliss-reactive ketones (excluding diaryl/α,β-unsaturated/α-hetero) is 3. The molecule has 2 N–H and O–H groups in total. The molecule has 5 heteroatoms. The van der Waals surface area contributed by atoms with E-state index < -0.39 is 6.04 Å². The van der Waals surface area contributed by atoms with Gasteiger partial charge in [-0.25, -0.2) is 0 Å². The van der Waals surface area contributed by atoms with Crippen molar-refractivity contribution in [2.45, 2.75) is 38.5 Å². The summed E-state index contributed by atoms with van der Waals surface area (Å²) in [4.78, 5) is 32.9. The van der Waals surface area contributed by atoms with E-state index in [9.17, 15) is 14.4 Å². The lowest BCUT2D eigenvalue weighted by Gasteiger charge is -2.13. The van der Waals surface area contributed by atoms with Crippen molar-refractivity contribution in [3.63, 3.8) is 0 Å². The average molecular weight is 231 g/mol. The van der Waals surface area contributed by atoms with Crippen molar-refractivity contribution in [2.75, 3.05) is 5.75 Å². The quantitative estimate of drug-likeness (QED) is 0.693. The minimum atomic E-state index is -0.552. The molecule has 2 atom stereocenters. The van der Waals surface area contributed by atoms with Crippen LogP contribution in [0.2, 0.25) is 0 Å². The Hall–Kier alpha value is -0.680. The van der Waals surface area contributed by atoms with E-state index in [0.717, 1.165) is 0 Å². The molecule has 86 valence electrons. The third-order valence-electron chi connectivity index (χ3n) is 1.93. The highest BCUT2D eigenvalue weighted by Crippen LogP contribution is 2.17. The van der Waals surface area contributed by atoms with Gasteiger partial charge in [-0.05, 0) is 20.8 Å². The molecule has 2 unspecified atom stereocenters. The van der Waals surface area contributed by atoms with Gasteiger partial charge in [-0.15, -0.1) is 11.8 Å². The molecule has 0 aromatic heterocycles. The van der Waals surface area contributed by atoms with Crippen LogP contribution in [-0.2, 0) is 14.4 Å². The SMILES string of the molecule is CC(=O)CC(SCC(N)C(C)=O)C(C)=O. The second-order valence-electron chi connectivity index (χ2n) is 3.56. The normalized spacial score (nSPS) is 14.4. The van der Waals surface area contributed by atoms with E-state index in [1.165, 1.54) is 32.5 Å². The highest BCUT2D eigenvalue weighted by molar-refractivity contribution is 8.00. The van der Waals surface area contributed by atoms with Gasteiger partial charge >= 0.3 is 0 Å². The molecule has 0 aliphatic rings. The molecular formula is C10H17NO3S.